The van der Waals surface area contributed by atoms with Crippen molar-refractivity contribution in [3.63, 3.8) is 0 Å². The molecule has 0 aromatic rings. The minimum absolute atomic E-state index is 0.264. The van der Waals surface area contributed by atoms with E-state index >= 15 is 0 Å². The van der Waals surface area contributed by atoms with E-state index in [1.807, 2.05) is 45.8 Å². The van der Waals surface area contributed by atoms with Crippen molar-refractivity contribution in [3.05, 3.63) is 12.7 Å². The van der Waals surface area contributed by atoms with Gasteiger partial charge in [-0.15, -0.1) is 0 Å². The molecular formula is C22H54O9Si6. The van der Waals surface area contributed by atoms with Crippen LogP contribution < -0.4 is 0 Å². The van der Waals surface area contributed by atoms with Crippen molar-refractivity contribution < 1.29 is 41.2 Å². The number of aliphatic hydroxyl groups is 1. The van der Waals surface area contributed by atoms with Crippen LogP contribution in [0.2, 0.25) is 91.2 Å². The quantitative estimate of drug-likeness (QED) is 0.0582. The Morgan fingerprint density at radius 3 is 1.57 bits per heavy atom. The first-order valence-electron chi connectivity index (χ1n) is 13.0. The lowest BCUT2D eigenvalue weighted by Gasteiger charge is -2.51. The van der Waals surface area contributed by atoms with Crippen molar-refractivity contribution >= 4 is 58.3 Å². The number of rotatable bonds is 18. The van der Waals surface area contributed by atoms with Gasteiger partial charge in [-0.3, -0.25) is 0 Å². The first-order valence-corrected chi connectivity index (χ1v) is 30.3. The molecule has 0 heterocycles. The van der Waals surface area contributed by atoms with E-state index < -0.39 is 66.2 Å². The van der Waals surface area contributed by atoms with E-state index in [-0.39, 0.29) is 6.42 Å². The molecule has 0 spiro atoms. The summed E-state index contributed by atoms with van der Waals surface area (Å²) in [6.07, 6.45) is 1.98. The molecule has 0 fully saturated rings. The van der Waals surface area contributed by atoms with Crippen LogP contribution in [0.5, 0.6) is 0 Å². The van der Waals surface area contributed by atoms with Gasteiger partial charge >= 0.3 is 14.8 Å². The van der Waals surface area contributed by atoms with Crippen LogP contribution in [-0.4, -0.2) is 81.6 Å². The summed E-state index contributed by atoms with van der Waals surface area (Å²) in [4.78, 5) is 19.0. The maximum Gasteiger partial charge on any atom is 0.506 e. The molecule has 0 saturated heterocycles. The third-order valence-electron chi connectivity index (χ3n) is 4.33. The molecule has 2 atom stereocenters. The normalized spacial score (nSPS) is 17.2. The molecule has 0 aliphatic carbocycles. The molecule has 37 heavy (non-hydrogen) atoms. The van der Waals surface area contributed by atoms with Crippen LogP contribution in [-0.2, 0) is 36.1 Å². The van der Waals surface area contributed by atoms with Crippen LogP contribution in [0.1, 0.15) is 12.8 Å². The van der Waals surface area contributed by atoms with Crippen LogP contribution in [0.25, 0.3) is 0 Å². The van der Waals surface area contributed by atoms with Crippen LogP contribution in [0.3, 0.4) is 0 Å². The SMILES string of the molecule is C=CC(=O)OC(CO)(O[Si](C)(C)C)C(CCC[SiH3])(OO[Si](C)(O[Si](C)(C)C)O[Si](C)(C)C)O[Si](C)(C)C. The van der Waals surface area contributed by atoms with Gasteiger partial charge in [0.15, 0.2) is 33.3 Å². The highest BCUT2D eigenvalue weighted by atomic mass is 28.5. The molecule has 0 radical (unpaired) electrons. The van der Waals surface area contributed by atoms with Crippen LogP contribution in [0, 0.1) is 0 Å². The summed E-state index contributed by atoms with van der Waals surface area (Å²) in [6.45, 7) is 28.8. The molecular weight excluding hydrogens is 577 g/mol. The minimum atomic E-state index is -3.38. The van der Waals surface area contributed by atoms with E-state index in [2.05, 4.69) is 45.9 Å². The average Bonchev–Trinajstić information content (AvgIpc) is 2.64. The predicted molar refractivity (Wildman–Crippen MR) is 164 cm³/mol. The van der Waals surface area contributed by atoms with Gasteiger partial charge in [0.25, 0.3) is 11.6 Å². The van der Waals surface area contributed by atoms with Crippen LogP contribution in [0.15, 0.2) is 12.7 Å². The molecule has 9 nitrogen and oxygen atoms in total. The molecule has 0 saturated carbocycles. The molecule has 0 aromatic carbocycles. The smallest absolute Gasteiger partial charge is 0.422 e. The lowest BCUT2D eigenvalue weighted by atomic mass is 10.0. The fourth-order valence-corrected chi connectivity index (χ4v) is 16.6. The lowest BCUT2D eigenvalue weighted by Crippen LogP contribution is -2.69. The van der Waals surface area contributed by atoms with Gasteiger partial charge in [0.1, 0.15) is 6.61 Å². The fourth-order valence-electron chi connectivity index (χ4n) is 3.72. The molecule has 0 aliphatic rings. The summed E-state index contributed by atoms with van der Waals surface area (Å²) in [5.74, 6) is -4.52. The van der Waals surface area contributed by atoms with Crippen molar-refractivity contribution in [1.82, 2.24) is 0 Å². The molecule has 0 bridgehead atoms. The third kappa shape index (κ3) is 13.9. The minimum Gasteiger partial charge on any atom is -0.422 e. The second-order valence-corrected chi connectivity index (χ2v) is 35.1. The van der Waals surface area contributed by atoms with Crippen molar-refractivity contribution in [3.8, 4) is 0 Å². The van der Waals surface area contributed by atoms with Crippen molar-refractivity contribution in [2.24, 2.45) is 0 Å². The molecule has 0 aliphatic heterocycles. The summed E-state index contributed by atoms with van der Waals surface area (Å²) >= 11 is 0. The van der Waals surface area contributed by atoms with E-state index in [9.17, 15) is 9.90 Å². The van der Waals surface area contributed by atoms with Gasteiger partial charge in [-0.1, -0.05) is 19.0 Å². The monoisotopic (exact) mass is 630 g/mol. The first-order chi connectivity index (χ1) is 16.4. The van der Waals surface area contributed by atoms with E-state index in [4.69, 9.17) is 31.3 Å². The van der Waals surface area contributed by atoms with E-state index in [1.165, 1.54) is 0 Å². The van der Waals surface area contributed by atoms with E-state index in [1.54, 1.807) is 0 Å². The Morgan fingerprint density at radius 1 is 0.811 bits per heavy atom. The lowest BCUT2D eigenvalue weighted by molar-refractivity contribution is -0.457. The number of hydrogen-bond acceptors (Lipinski definition) is 9. The topological polar surface area (TPSA) is 102 Å². The zero-order chi connectivity index (χ0) is 29.6. The van der Waals surface area contributed by atoms with Gasteiger partial charge in [-0.05, 0) is 78.6 Å². The van der Waals surface area contributed by atoms with E-state index in [0.29, 0.717) is 6.42 Å². The summed E-state index contributed by atoms with van der Waals surface area (Å²) in [7, 11) is -11.6. The summed E-state index contributed by atoms with van der Waals surface area (Å²) < 4.78 is 38.2. The molecule has 0 amide bonds. The summed E-state index contributed by atoms with van der Waals surface area (Å²) in [5.41, 5.74) is 0. The molecule has 0 rings (SSSR count). The van der Waals surface area contributed by atoms with Crippen molar-refractivity contribution in [1.29, 1.82) is 0 Å². The van der Waals surface area contributed by atoms with Gasteiger partial charge in [0, 0.05) is 29.3 Å². The Labute approximate surface area is 233 Å². The van der Waals surface area contributed by atoms with Gasteiger partial charge in [0.05, 0.1) is 0 Å². The molecule has 15 heteroatoms. The zero-order valence-corrected chi connectivity index (χ0v) is 32.8. The van der Waals surface area contributed by atoms with Crippen molar-refractivity contribution in [2.45, 2.75) is 116 Å². The molecule has 2 unspecified atom stereocenters. The Kier molecular flexibility index (Phi) is 13.8. The Bertz CT molecular complexity index is 727. The number of esters is 1. The third-order valence-corrected chi connectivity index (χ3v) is 15.2. The molecule has 0 aromatic heterocycles. The Balaban J connectivity index is 7.11. The maximum atomic E-state index is 12.7. The van der Waals surface area contributed by atoms with E-state index in [0.717, 1.165) is 22.4 Å². The fraction of sp³-hybridized carbons (Fsp3) is 0.864. The largest absolute Gasteiger partial charge is 0.506 e. The number of aliphatic hydroxyl groups excluding tert-OH is 1. The van der Waals surface area contributed by atoms with Crippen LogP contribution >= 0.6 is 0 Å². The van der Waals surface area contributed by atoms with Crippen molar-refractivity contribution in [2.75, 3.05) is 6.61 Å². The molecule has 220 valence electrons. The average molecular weight is 631 g/mol. The zero-order valence-electron chi connectivity index (χ0n) is 25.8. The number of ether oxygens (including phenoxy) is 1. The standard InChI is InChI=1S/C22H54O9Si6/c1-15-20(24)25-22(19-23,28-34(5,6)7)21(17-16-18-32,27-33(2,3)4)26-29-37(14,30-35(8,9)10)31-36(11,12)13/h15,23H,1,16-19H2,2-14,32H3. The van der Waals surface area contributed by atoms with Gasteiger partial charge in [-0.2, -0.15) is 0 Å². The highest BCUT2D eigenvalue weighted by Gasteiger charge is 2.63. The van der Waals surface area contributed by atoms with Gasteiger partial charge < -0.3 is 26.9 Å². The second kappa shape index (κ2) is 13.7. The predicted octanol–water partition coefficient (Wildman–Crippen LogP) is 4.59. The highest BCUT2D eigenvalue weighted by molar-refractivity contribution is 6.85. The number of hydrogen-bond donors (Lipinski definition) is 1. The van der Waals surface area contributed by atoms with Crippen LogP contribution in [0.4, 0.5) is 0 Å². The Hall–Kier alpha value is 0.231. The second-order valence-electron chi connectivity index (χ2n) is 13.3. The number of carbonyl (C=O) groups is 1. The Morgan fingerprint density at radius 2 is 1.24 bits per heavy atom. The highest BCUT2D eigenvalue weighted by Crippen LogP contribution is 2.42. The summed E-state index contributed by atoms with van der Waals surface area (Å²) in [5, 5.41) is 10.9. The number of carbonyl (C=O) groups excluding carboxylic acids is 1. The van der Waals surface area contributed by atoms with Gasteiger partial charge in [-0.25, -0.2) is 14.3 Å². The first kappa shape index (κ1) is 37.2. The molecule has 1 N–H and O–H groups in total. The summed E-state index contributed by atoms with van der Waals surface area (Å²) in [6, 6.07) is 0.926. The maximum absolute atomic E-state index is 12.7. The van der Waals surface area contributed by atoms with Gasteiger partial charge in [0.2, 0.25) is 0 Å².